The van der Waals surface area contributed by atoms with E-state index < -0.39 is 5.97 Å². The van der Waals surface area contributed by atoms with Crippen LogP contribution in [0.3, 0.4) is 0 Å². The van der Waals surface area contributed by atoms with E-state index in [0.29, 0.717) is 16.6 Å². The van der Waals surface area contributed by atoms with Crippen LogP contribution in [0.1, 0.15) is 16.1 Å². The lowest BCUT2D eigenvalue weighted by molar-refractivity contribution is 0.0699. The molecule has 96 valence electrons. The number of nitrogens with two attached hydrogens (primary N) is 2. The van der Waals surface area contributed by atoms with Crippen molar-refractivity contribution in [1.82, 2.24) is 4.98 Å². The van der Waals surface area contributed by atoms with Gasteiger partial charge in [0.05, 0.1) is 23.0 Å². The second kappa shape index (κ2) is 5.13. The van der Waals surface area contributed by atoms with Crippen molar-refractivity contribution in [3.05, 3.63) is 41.6 Å². The maximum Gasteiger partial charge on any atom is 0.336 e. The van der Waals surface area contributed by atoms with Gasteiger partial charge >= 0.3 is 5.97 Å². The second-order valence-electron chi connectivity index (χ2n) is 3.69. The molecule has 5 N–H and O–H groups in total. The Morgan fingerprint density at radius 2 is 2.05 bits per heavy atom. The van der Waals surface area contributed by atoms with Crippen LogP contribution in [-0.4, -0.2) is 28.2 Å². The zero-order valence-electron chi connectivity index (χ0n) is 9.82. The van der Waals surface area contributed by atoms with E-state index in [1.165, 1.54) is 12.3 Å². The first-order valence-electron chi connectivity index (χ1n) is 5.33. The average molecular weight is 257 g/mol. The third-order valence-electron chi connectivity index (χ3n) is 2.33. The van der Waals surface area contributed by atoms with E-state index in [-0.39, 0.29) is 11.5 Å². The van der Waals surface area contributed by atoms with E-state index in [1.54, 1.807) is 24.3 Å². The van der Waals surface area contributed by atoms with Gasteiger partial charge < -0.3 is 16.6 Å². The molecule has 0 unspecified atom stereocenters. The molecule has 2 aromatic rings. The number of guanidine groups is 1. The van der Waals surface area contributed by atoms with Crippen LogP contribution in [0.4, 0.5) is 0 Å². The largest absolute Gasteiger partial charge is 0.478 e. The van der Waals surface area contributed by atoms with Crippen molar-refractivity contribution in [3.63, 3.8) is 0 Å². The molecule has 19 heavy (non-hydrogen) atoms. The van der Waals surface area contributed by atoms with Crippen molar-refractivity contribution < 1.29 is 9.90 Å². The smallest absolute Gasteiger partial charge is 0.336 e. The number of carbonyl (C=O) groups is 1. The minimum absolute atomic E-state index is 0.150. The second-order valence-corrected chi connectivity index (χ2v) is 3.69. The van der Waals surface area contributed by atoms with Crippen LogP contribution in [0, 0.1) is 0 Å². The lowest BCUT2D eigenvalue weighted by Crippen LogP contribution is -2.21. The van der Waals surface area contributed by atoms with Gasteiger partial charge in [-0.1, -0.05) is 18.2 Å². The molecule has 1 heterocycles. The fourth-order valence-corrected chi connectivity index (χ4v) is 1.59. The van der Waals surface area contributed by atoms with Gasteiger partial charge in [0, 0.05) is 5.39 Å². The van der Waals surface area contributed by atoms with E-state index in [0.717, 1.165) is 0 Å². The van der Waals surface area contributed by atoms with Gasteiger partial charge in [-0.3, -0.25) is 0 Å². The molecule has 7 nitrogen and oxygen atoms in total. The van der Waals surface area contributed by atoms with Crippen LogP contribution in [0.15, 0.2) is 40.5 Å². The maximum atomic E-state index is 11.2. The molecule has 0 bridgehead atoms. The van der Waals surface area contributed by atoms with Crippen LogP contribution in [-0.2, 0) is 0 Å². The van der Waals surface area contributed by atoms with Gasteiger partial charge in [0.15, 0.2) is 0 Å². The maximum absolute atomic E-state index is 11.2. The first kappa shape index (κ1) is 12.5. The van der Waals surface area contributed by atoms with Crippen molar-refractivity contribution in [3.8, 4) is 0 Å². The number of benzene rings is 1. The summed E-state index contributed by atoms with van der Waals surface area (Å²) in [5, 5.41) is 16.8. The number of carboxylic acid groups (broad SMARTS) is 1. The summed E-state index contributed by atoms with van der Waals surface area (Å²) in [4.78, 5) is 15.5. The predicted octanol–water partition coefficient (Wildman–Crippen LogP) is 0.540. The van der Waals surface area contributed by atoms with E-state index in [9.17, 15) is 9.90 Å². The molecule has 0 radical (unpaired) electrons. The first-order valence-corrected chi connectivity index (χ1v) is 5.33. The molecule has 1 aromatic carbocycles. The highest BCUT2D eigenvalue weighted by molar-refractivity contribution is 6.04. The lowest BCUT2D eigenvalue weighted by atomic mass is 10.1. The number of pyridine rings is 1. The Morgan fingerprint density at radius 1 is 1.32 bits per heavy atom. The van der Waals surface area contributed by atoms with Crippen LogP contribution < -0.4 is 11.5 Å². The van der Waals surface area contributed by atoms with Gasteiger partial charge in [-0.25, -0.2) is 9.78 Å². The number of nitrogens with zero attached hydrogens (tertiary/aromatic N) is 3. The molecule has 0 spiro atoms. The highest BCUT2D eigenvalue weighted by atomic mass is 16.4. The number of rotatable bonds is 3. The van der Waals surface area contributed by atoms with E-state index in [2.05, 4.69) is 15.2 Å². The predicted molar refractivity (Wildman–Crippen MR) is 72.1 cm³/mol. The molecule has 0 amide bonds. The average Bonchev–Trinajstić information content (AvgIpc) is 2.37. The SMILES string of the molecule is NC(N)=N/N=C/c1cc(C(=O)O)c2ccccc2n1. The highest BCUT2D eigenvalue weighted by Gasteiger charge is 2.10. The molecule has 0 saturated heterocycles. The van der Waals surface area contributed by atoms with Crippen molar-refractivity contribution in [2.75, 3.05) is 0 Å². The molecule has 0 aliphatic heterocycles. The van der Waals surface area contributed by atoms with Crippen molar-refractivity contribution >= 4 is 29.0 Å². The molecule has 2 rings (SSSR count). The molecule has 0 atom stereocenters. The Hall–Kier alpha value is -2.96. The van der Waals surface area contributed by atoms with E-state index in [4.69, 9.17) is 11.5 Å². The summed E-state index contributed by atoms with van der Waals surface area (Å²) in [7, 11) is 0. The third-order valence-corrected chi connectivity index (χ3v) is 2.33. The summed E-state index contributed by atoms with van der Waals surface area (Å²) in [5.41, 5.74) is 11.3. The molecular weight excluding hydrogens is 246 g/mol. The summed E-state index contributed by atoms with van der Waals surface area (Å²) < 4.78 is 0. The summed E-state index contributed by atoms with van der Waals surface area (Å²) in [6.45, 7) is 0. The highest BCUT2D eigenvalue weighted by Crippen LogP contribution is 2.17. The van der Waals surface area contributed by atoms with Gasteiger partial charge in [0.2, 0.25) is 5.96 Å². The summed E-state index contributed by atoms with van der Waals surface area (Å²) >= 11 is 0. The third kappa shape index (κ3) is 2.83. The number of hydrogen-bond donors (Lipinski definition) is 3. The Balaban J connectivity index is 2.55. The summed E-state index contributed by atoms with van der Waals surface area (Å²) in [6, 6.07) is 8.36. The zero-order valence-corrected chi connectivity index (χ0v) is 9.82. The lowest BCUT2D eigenvalue weighted by Gasteiger charge is -2.03. The van der Waals surface area contributed by atoms with Gasteiger partial charge in [-0.2, -0.15) is 5.10 Å². The Kier molecular flexibility index (Phi) is 3.37. The molecule has 7 heteroatoms. The zero-order chi connectivity index (χ0) is 13.8. The molecule has 0 aliphatic carbocycles. The van der Waals surface area contributed by atoms with E-state index >= 15 is 0 Å². The fraction of sp³-hybridized carbons (Fsp3) is 0. The quantitative estimate of drug-likeness (QED) is 0.420. The van der Waals surface area contributed by atoms with Crippen molar-refractivity contribution in [2.24, 2.45) is 21.7 Å². The van der Waals surface area contributed by atoms with Crippen LogP contribution in [0.2, 0.25) is 0 Å². The number of aromatic nitrogens is 1. The number of fused-ring (bicyclic) bond motifs is 1. The van der Waals surface area contributed by atoms with Crippen molar-refractivity contribution in [2.45, 2.75) is 0 Å². The first-order chi connectivity index (χ1) is 9.08. The van der Waals surface area contributed by atoms with Gasteiger partial charge in [0.25, 0.3) is 0 Å². The fourth-order valence-electron chi connectivity index (χ4n) is 1.59. The molecule has 0 saturated carbocycles. The van der Waals surface area contributed by atoms with Crippen molar-refractivity contribution in [1.29, 1.82) is 0 Å². The number of para-hydroxylation sites is 1. The van der Waals surface area contributed by atoms with Crippen LogP contribution in [0.25, 0.3) is 10.9 Å². The molecule has 1 aromatic heterocycles. The van der Waals surface area contributed by atoms with Gasteiger partial charge in [-0.15, -0.1) is 5.10 Å². The van der Waals surface area contributed by atoms with Gasteiger partial charge in [0.1, 0.15) is 0 Å². The van der Waals surface area contributed by atoms with Crippen LogP contribution in [0.5, 0.6) is 0 Å². The standard InChI is InChI=1S/C12H11N5O2/c13-12(14)17-15-6-7-5-9(11(18)19)8-3-1-2-4-10(8)16-7/h1-6H,(H,18,19)(H4,13,14,17)/b15-6+. The number of aromatic carboxylic acids is 1. The molecular formula is C12H11N5O2. The summed E-state index contributed by atoms with van der Waals surface area (Å²) in [5.74, 6) is -1.22. The minimum atomic E-state index is -1.03. The molecule has 0 fully saturated rings. The van der Waals surface area contributed by atoms with E-state index in [1.807, 2.05) is 0 Å². The Labute approximate surface area is 108 Å². The molecule has 0 aliphatic rings. The Bertz CT molecular complexity index is 690. The Morgan fingerprint density at radius 3 is 2.74 bits per heavy atom. The van der Waals surface area contributed by atoms with Gasteiger partial charge in [-0.05, 0) is 12.1 Å². The minimum Gasteiger partial charge on any atom is -0.478 e. The summed E-state index contributed by atoms with van der Waals surface area (Å²) in [6.07, 6.45) is 1.29. The monoisotopic (exact) mass is 257 g/mol. The number of hydrogen-bond acceptors (Lipinski definition) is 4. The normalized spacial score (nSPS) is 10.7. The van der Waals surface area contributed by atoms with Crippen LogP contribution >= 0.6 is 0 Å². The topological polar surface area (TPSA) is 127 Å². The number of carboxylic acids is 1.